The van der Waals surface area contributed by atoms with Crippen molar-refractivity contribution in [1.29, 1.82) is 0 Å². The second kappa shape index (κ2) is 9.58. The van der Waals surface area contributed by atoms with Gasteiger partial charge in [-0.25, -0.2) is 4.98 Å². The smallest absolute Gasteiger partial charge is 0.273 e. The van der Waals surface area contributed by atoms with Gasteiger partial charge in [0.15, 0.2) is 5.13 Å². The van der Waals surface area contributed by atoms with E-state index in [1.54, 1.807) is 11.4 Å². The van der Waals surface area contributed by atoms with Crippen LogP contribution in [0.15, 0.2) is 29.6 Å². The minimum Gasteiger partial charge on any atom is -0.379 e. The number of carbonyl (C=O) groups excluding carboxylic acids is 3. The highest BCUT2D eigenvalue weighted by molar-refractivity contribution is 7.14. The van der Waals surface area contributed by atoms with Gasteiger partial charge in [0.1, 0.15) is 12.2 Å². The molecule has 0 saturated carbocycles. The van der Waals surface area contributed by atoms with Crippen molar-refractivity contribution in [3.63, 3.8) is 0 Å². The summed E-state index contributed by atoms with van der Waals surface area (Å²) in [6, 6.07) is 7.88. The average Bonchev–Trinajstić information content (AvgIpc) is 3.44. The number of morpholine rings is 1. The molecule has 10 heteroatoms. The fourth-order valence-electron chi connectivity index (χ4n) is 4.74. The van der Waals surface area contributed by atoms with Crippen LogP contribution in [0.3, 0.4) is 0 Å². The van der Waals surface area contributed by atoms with E-state index in [4.69, 9.17) is 4.74 Å². The van der Waals surface area contributed by atoms with E-state index in [-0.39, 0.29) is 24.3 Å². The number of hydrogen-bond acceptors (Lipinski definition) is 7. The fourth-order valence-corrected chi connectivity index (χ4v) is 5.44. The third-order valence-electron chi connectivity index (χ3n) is 6.51. The summed E-state index contributed by atoms with van der Waals surface area (Å²) in [5.41, 5.74) is 1.92. The molecular weight excluding hydrogens is 442 g/mol. The Labute approximate surface area is 196 Å². The van der Waals surface area contributed by atoms with Crippen LogP contribution in [0, 0.1) is 0 Å². The Bertz CT molecular complexity index is 1040. The zero-order valence-electron chi connectivity index (χ0n) is 18.4. The number of carbonyl (C=O) groups is 3. The highest BCUT2D eigenvalue weighted by Gasteiger charge is 2.30. The lowest BCUT2D eigenvalue weighted by molar-refractivity contribution is -0.116. The molecule has 3 aliphatic heterocycles. The Hall–Kier alpha value is -2.82. The lowest BCUT2D eigenvalue weighted by Gasteiger charge is -2.39. The summed E-state index contributed by atoms with van der Waals surface area (Å²) >= 11 is 1.22. The van der Waals surface area contributed by atoms with Gasteiger partial charge in [-0.3, -0.25) is 19.3 Å². The molecule has 0 spiro atoms. The van der Waals surface area contributed by atoms with Crippen molar-refractivity contribution < 1.29 is 19.1 Å². The van der Waals surface area contributed by atoms with Crippen molar-refractivity contribution in [3.05, 3.63) is 46.5 Å². The van der Waals surface area contributed by atoms with Gasteiger partial charge in [0, 0.05) is 49.7 Å². The monoisotopic (exact) mass is 469 g/mol. The van der Waals surface area contributed by atoms with E-state index in [2.05, 4.69) is 15.2 Å². The van der Waals surface area contributed by atoms with Crippen molar-refractivity contribution in [1.82, 2.24) is 19.7 Å². The van der Waals surface area contributed by atoms with Crippen molar-refractivity contribution in [3.8, 4) is 0 Å². The Balaban J connectivity index is 1.12. The zero-order valence-corrected chi connectivity index (χ0v) is 19.2. The molecule has 2 fully saturated rings. The molecule has 9 nitrogen and oxygen atoms in total. The number of fused-ring (bicyclic) bond motifs is 1. The van der Waals surface area contributed by atoms with Gasteiger partial charge < -0.3 is 19.9 Å². The molecule has 5 rings (SSSR count). The first-order valence-electron chi connectivity index (χ1n) is 11.3. The van der Waals surface area contributed by atoms with Crippen LogP contribution in [0.4, 0.5) is 5.13 Å². The van der Waals surface area contributed by atoms with Gasteiger partial charge in [0.05, 0.1) is 13.2 Å². The summed E-state index contributed by atoms with van der Waals surface area (Å²) in [4.78, 5) is 48.0. The third kappa shape index (κ3) is 4.78. The Morgan fingerprint density at radius 2 is 1.88 bits per heavy atom. The molecular formula is C23H27N5O4S. The van der Waals surface area contributed by atoms with E-state index in [0.29, 0.717) is 42.1 Å². The molecule has 3 amide bonds. The number of aromatic nitrogens is 1. The predicted octanol–water partition coefficient (Wildman–Crippen LogP) is 1.67. The van der Waals surface area contributed by atoms with Gasteiger partial charge in [-0.1, -0.05) is 18.2 Å². The SMILES string of the molecule is O=C(CN1Cc2ccccc2C1=O)Nc1nc(C(=O)N2CCC(N3CCOCC3)CC2)cs1. The van der Waals surface area contributed by atoms with Crippen molar-refractivity contribution in [2.24, 2.45) is 0 Å². The van der Waals surface area contributed by atoms with E-state index >= 15 is 0 Å². The summed E-state index contributed by atoms with van der Waals surface area (Å²) in [7, 11) is 0. The molecule has 33 heavy (non-hydrogen) atoms. The van der Waals surface area contributed by atoms with E-state index in [0.717, 1.165) is 44.7 Å². The number of nitrogens with zero attached hydrogens (tertiary/aromatic N) is 4. The summed E-state index contributed by atoms with van der Waals surface area (Å²) < 4.78 is 5.43. The number of amides is 3. The van der Waals surface area contributed by atoms with Gasteiger partial charge in [-0.05, 0) is 24.5 Å². The van der Waals surface area contributed by atoms with Crippen LogP contribution >= 0.6 is 11.3 Å². The van der Waals surface area contributed by atoms with Crippen LogP contribution in [-0.2, 0) is 16.1 Å². The maximum Gasteiger partial charge on any atom is 0.273 e. The van der Waals surface area contributed by atoms with Gasteiger partial charge in [0.2, 0.25) is 5.91 Å². The normalized spacial score (nSPS) is 19.6. The topological polar surface area (TPSA) is 95.1 Å². The standard InChI is InChI=1S/C23H27N5O4S/c29-20(14-28-13-16-3-1-2-4-18(16)21(28)30)25-23-24-19(15-33-23)22(31)27-7-5-17(6-8-27)26-9-11-32-12-10-26/h1-4,15,17H,5-14H2,(H,24,25,29). The Morgan fingerprint density at radius 3 is 2.64 bits per heavy atom. The number of benzene rings is 1. The predicted molar refractivity (Wildman–Crippen MR) is 123 cm³/mol. The number of piperidine rings is 1. The molecule has 1 N–H and O–H groups in total. The van der Waals surface area contributed by atoms with E-state index in [9.17, 15) is 14.4 Å². The third-order valence-corrected chi connectivity index (χ3v) is 7.27. The molecule has 2 aromatic rings. The van der Waals surface area contributed by atoms with Crippen molar-refractivity contribution in [2.75, 3.05) is 51.3 Å². The minimum absolute atomic E-state index is 0.0502. The summed E-state index contributed by atoms with van der Waals surface area (Å²) in [5, 5.41) is 4.78. The molecule has 0 unspecified atom stereocenters. The second-order valence-corrected chi connectivity index (χ2v) is 9.43. The largest absolute Gasteiger partial charge is 0.379 e. The highest BCUT2D eigenvalue weighted by Crippen LogP contribution is 2.24. The van der Waals surface area contributed by atoms with Crippen molar-refractivity contribution in [2.45, 2.75) is 25.4 Å². The quantitative estimate of drug-likeness (QED) is 0.716. The number of rotatable bonds is 5. The highest BCUT2D eigenvalue weighted by atomic mass is 32.1. The molecule has 3 aliphatic rings. The molecule has 0 bridgehead atoms. The first kappa shape index (κ1) is 22.0. The summed E-state index contributed by atoms with van der Waals surface area (Å²) in [5.74, 6) is -0.565. The first-order valence-corrected chi connectivity index (χ1v) is 12.2. The number of nitrogens with one attached hydrogen (secondary N) is 1. The van der Waals surface area contributed by atoms with Crippen LogP contribution in [0.5, 0.6) is 0 Å². The fraction of sp³-hybridized carbons (Fsp3) is 0.478. The molecule has 174 valence electrons. The average molecular weight is 470 g/mol. The van der Waals surface area contributed by atoms with Gasteiger partial charge >= 0.3 is 0 Å². The maximum absolute atomic E-state index is 12.9. The van der Waals surface area contributed by atoms with Gasteiger partial charge in [-0.15, -0.1) is 11.3 Å². The van der Waals surface area contributed by atoms with E-state index in [1.807, 2.05) is 23.1 Å². The molecule has 4 heterocycles. The van der Waals surface area contributed by atoms with Crippen molar-refractivity contribution >= 4 is 34.2 Å². The molecule has 1 aromatic heterocycles. The molecule has 2 saturated heterocycles. The molecule has 0 aliphatic carbocycles. The first-order chi connectivity index (χ1) is 16.1. The number of hydrogen-bond donors (Lipinski definition) is 1. The van der Waals surface area contributed by atoms with Crippen LogP contribution < -0.4 is 5.32 Å². The second-order valence-electron chi connectivity index (χ2n) is 8.58. The number of anilines is 1. The van der Waals surface area contributed by atoms with E-state index in [1.165, 1.54) is 16.2 Å². The number of thiazole rings is 1. The minimum atomic E-state index is -0.323. The van der Waals surface area contributed by atoms with Gasteiger partial charge in [-0.2, -0.15) is 0 Å². The maximum atomic E-state index is 12.9. The Morgan fingerprint density at radius 1 is 1.12 bits per heavy atom. The lowest BCUT2D eigenvalue weighted by Crippen LogP contribution is -2.50. The Kier molecular flexibility index (Phi) is 6.39. The lowest BCUT2D eigenvalue weighted by atomic mass is 10.0. The van der Waals surface area contributed by atoms with Crippen LogP contribution in [0.1, 0.15) is 39.3 Å². The molecule has 0 radical (unpaired) electrons. The van der Waals surface area contributed by atoms with Crippen LogP contribution in [-0.4, -0.2) is 89.4 Å². The molecule has 0 atom stereocenters. The zero-order chi connectivity index (χ0) is 22.8. The van der Waals surface area contributed by atoms with Crippen LogP contribution in [0.25, 0.3) is 0 Å². The van der Waals surface area contributed by atoms with Crippen LogP contribution in [0.2, 0.25) is 0 Å². The number of ether oxygens (including phenoxy) is 1. The molecule has 1 aromatic carbocycles. The van der Waals surface area contributed by atoms with Gasteiger partial charge in [0.25, 0.3) is 11.8 Å². The van der Waals surface area contributed by atoms with E-state index < -0.39 is 0 Å². The summed E-state index contributed by atoms with van der Waals surface area (Å²) in [6.07, 6.45) is 1.90. The summed E-state index contributed by atoms with van der Waals surface area (Å²) in [6.45, 7) is 5.27. The number of likely N-dealkylation sites (tertiary alicyclic amines) is 1.